The van der Waals surface area contributed by atoms with E-state index in [1.807, 2.05) is 13.0 Å². The second kappa shape index (κ2) is 5.59. The number of carbonyl (C=O) groups excluding carboxylic acids is 1. The zero-order chi connectivity index (χ0) is 14.9. The van der Waals surface area contributed by atoms with E-state index in [-0.39, 0.29) is 0 Å². The molecule has 3 nitrogen and oxygen atoms in total. The van der Waals surface area contributed by atoms with Gasteiger partial charge in [-0.3, -0.25) is 0 Å². The third kappa shape index (κ3) is 2.25. The highest BCUT2D eigenvalue weighted by Crippen LogP contribution is 2.52. The van der Waals surface area contributed by atoms with Gasteiger partial charge < -0.3 is 4.74 Å². The van der Waals surface area contributed by atoms with Crippen molar-refractivity contribution in [1.29, 1.82) is 0 Å². The van der Waals surface area contributed by atoms with Gasteiger partial charge in [0.2, 0.25) is 6.08 Å². The van der Waals surface area contributed by atoms with Gasteiger partial charge in [-0.2, -0.15) is 4.99 Å². The molecule has 0 N–H and O–H groups in total. The summed E-state index contributed by atoms with van der Waals surface area (Å²) in [6, 6.07) is 1.96. The molecule has 1 saturated carbocycles. The number of nitrogens with zero attached hydrogens (tertiary/aromatic N) is 1. The van der Waals surface area contributed by atoms with Crippen LogP contribution < -0.4 is 4.74 Å². The van der Waals surface area contributed by atoms with E-state index in [4.69, 9.17) is 16.3 Å². The Balaban J connectivity index is 2.76. The molecule has 0 radical (unpaired) electrons. The van der Waals surface area contributed by atoms with Crippen molar-refractivity contribution < 1.29 is 9.53 Å². The summed E-state index contributed by atoms with van der Waals surface area (Å²) in [5.41, 5.74) is 2.48. The lowest BCUT2D eigenvalue weighted by Gasteiger charge is -2.40. The minimum atomic E-state index is -0.494. The SMILES string of the molecule is COc1c(C(C)C)cc(Cl)c(C)c1C1(N=C=O)CCC1. The summed E-state index contributed by atoms with van der Waals surface area (Å²) in [5.74, 6) is 1.11. The molecule has 0 saturated heterocycles. The fraction of sp³-hybridized carbons (Fsp3) is 0.562. The summed E-state index contributed by atoms with van der Waals surface area (Å²) in [5, 5.41) is 0.705. The lowest BCUT2D eigenvalue weighted by atomic mass is 9.70. The third-order valence-electron chi connectivity index (χ3n) is 4.24. The fourth-order valence-corrected chi connectivity index (χ4v) is 3.18. The number of rotatable bonds is 4. The average molecular weight is 294 g/mol. The van der Waals surface area contributed by atoms with Crippen LogP contribution in [0.2, 0.25) is 5.02 Å². The first-order valence-electron chi connectivity index (χ1n) is 6.93. The first-order valence-corrected chi connectivity index (χ1v) is 7.31. The fourth-order valence-electron chi connectivity index (χ4n) is 2.97. The molecule has 1 aliphatic carbocycles. The van der Waals surface area contributed by atoms with Crippen LogP contribution >= 0.6 is 11.6 Å². The molecule has 0 aliphatic heterocycles. The summed E-state index contributed by atoms with van der Waals surface area (Å²) in [4.78, 5) is 14.9. The number of halogens is 1. The predicted octanol–water partition coefficient (Wildman–Crippen LogP) is 4.50. The van der Waals surface area contributed by atoms with Gasteiger partial charge in [-0.25, -0.2) is 4.79 Å². The molecule has 0 unspecified atom stereocenters. The second-order valence-corrected chi connectivity index (χ2v) is 6.13. The van der Waals surface area contributed by atoms with Crippen LogP contribution in [0.5, 0.6) is 5.75 Å². The number of benzene rings is 1. The summed E-state index contributed by atoms with van der Waals surface area (Å²) in [6.45, 7) is 6.16. The molecule has 1 aromatic rings. The molecule has 1 aromatic carbocycles. The van der Waals surface area contributed by atoms with Crippen molar-refractivity contribution in [2.75, 3.05) is 7.11 Å². The van der Waals surface area contributed by atoms with Crippen molar-refractivity contribution >= 4 is 17.7 Å². The summed E-state index contributed by atoms with van der Waals surface area (Å²) in [6.07, 6.45) is 4.47. The van der Waals surface area contributed by atoms with Crippen molar-refractivity contribution in [2.45, 2.75) is 51.5 Å². The molecule has 108 valence electrons. The Bertz CT molecular complexity index is 570. The van der Waals surface area contributed by atoms with Gasteiger partial charge in [0.1, 0.15) is 11.3 Å². The van der Waals surface area contributed by atoms with Crippen molar-refractivity contribution in [3.63, 3.8) is 0 Å². The van der Waals surface area contributed by atoms with Crippen molar-refractivity contribution in [2.24, 2.45) is 4.99 Å². The molecule has 0 spiro atoms. The number of isocyanates is 1. The molecule has 0 amide bonds. The average Bonchev–Trinajstić information content (AvgIpc) is 2.36. The van der Waals surface area contributed by atoms with Crippen molar-refractivity contribution in [3.05, 3.63) is 27.8 Å². The van der Waals surface area contributed by atoms with Crippen LogP contribution in [0.4, 0.5) is 0 Å². The van der Waals surface area contributed by atoms with E-state index in [9.17, 15) is 4.79 Å². The molecular weight excluding hydrogens is 274 g/mol. The first kappa shape index (κ1) is 15.1. The summed E-state index contributed by atoms with van der Waals surface area (Å²) >= 11 is 6.38. The molecular formula is C16H20ClNO2. The lowest BCUT2D eigenvalue weighted by molar-refractivity contribution is 0.244. The normalized spacial score (nSPS) is 16.5. The Hall–Kier alpha value is -1.31. The topological polar surface area (TPSA) is 38.7 Å². The predicted molar refractivity (Wildman–Crippen MR) is 80.5 cm³/mol. The number of hydrogen-bond acceptors (Lipinski definition) is 3. The molecule has 1 aliphatic rings. The second-order valence-electron chi connectivity index (χ2n) is 5.72. The maximum absolute atomic E-state index is 10.8. The third-order valence-corrected chi connectivity index (χ3v) is 4.63. The zero-order valence-electron chi connectivity index (χ0n) is 12.4. The molecule has 2 rings (SSSR count). The largest absolute Gasteiger partial charge is 0.496 e. The van der Waals surface area contributed by atoms with Gasteiger partial charge in [-0.05, 0) is 49.3 Å². The van der Waals surface area contributed by atoms with Gasteiger partial charge in [-0.15, -0.1) is 0 Å². The van der Waals surface area contributed by atoms with E-state index in [1.165, 1.54) is 0 Å². The number of aliphatic imine (C=N–C) groups is 1. The number of ether oxygens (including phenoxy) is 1. The van der Waals surface area contributed by atoms with E-state index >= 15 is 0 Å². The Kier molecular flexibility index (Phi) is 4.22. The van der Waals surface area contributed by atoms with Gasteiger partial charge in [-0.1, -0.05) is 25.4 Å². The van der Waals surface area contributed by atoms with Crippen LogP contribution in [-0.4, -0.2) is 13.2 Å². The Labute approximate surface area is 125 Å². The molecule has 20 heavy (non-hydrogen) atoms. The molecule has 0 atom stereocenters. The van der Waals surface area contributed by atoms with Gasteiger partial charge in [0.15, 0.2) is 0 Å². The quantitative estimate of drug-likeness (QED) is 0.606. The molecule has 0 aromatic heterocycles. The van der Waals surface area contributed by atoms with Crippen LogP contribution in [-0.2, 0) is 10.3 Å². The summed E-state index contributed by atoms with van der Waals surface area (Å²) in [7, 11) is 1.66. The number of hydrogen-bond donors (Lipinski definition) is 0. The molecule has 0 bridgehead atoms. The standard InChI is InChI=1S/C16H20ClNO2/c1-10(2)12-8-13(17)11(3)14(15(12)20-4)16(18-9-19)6-5-7-16/h8,10H,5-7H2,1-4H3. The Morgan fingerprint density at radius 3 is 2.50 bits per heavy atom. The van der Waals surface area contributed by atoms with Crippen LogP contribution in [0.25, 0.3) is 0 Å². The van der Waals surface area contributed by atoms with E-state index in [0.29, 0.717) is 10.9 Å². The van der Waals surface area contributed by atoms with E-state index in [0.717, 1.165) is 41.7 Å². The highest BCUT2D eigenvalue weighted by Gasteiger charge is 2.43. The van der Waals surface area contributed by atoms with Gasteiger partial charge >= 0.3 is 0 Å². The van der Waals surface area contributed by atoms with Gasteiger partial charge in [0, 0.05) is 10.6 Å². The van der Waals surface area contributed by atoms with Crippen LogP contribution in [0.3, 0.4) is 0 Å². The molecule has 0 heterocycles. The van der Waals surface area contributed by atoms with Gasteiger partial charge in [0.05, 0.1) is 7.11 Å². The summed E-state index contributed by atoms with van der Waals surface area (Å²) < 4.78 is 5.65. The maximum Gasteiger partial charge on any atom is 0.235 e. The minimum Gasteiger partial charge on any atom is -0.496 e. The van der Waals surface area contributed by atoms with E-state index in [2.05, 4.69) is 18.8 Å². The maximum atomic E-state index is 10.8. The van der Waals surface area contributed by atoms with Crippen molar-refractivity contribution in [3.8, 4) is 5.75 Å². The van der Waals surface area contributed by atoms with Crippen molar-refractivity contribution in [1.82, 2.24) is 0 Å². The zero-order valence-corrected chi connectivity index (χ0v) is 13.2. The van der Waals surface area contributed by atoms with E-state index < -0.39 is 5.54 Å². The first-order chi connectivity index (χ1) is 9.46. The molecule has 1 fully saturated rings. The van der Waals surface area contributed by atoms with Crippen LogP contribution in [0.15, 0.2) is 11.1 Å². The Morgan fingerprint density at radius 2 is 2.10 bits per heavy atom. The Morgan fingerprint density at radius 1 is 1.45 bits per heavy atom. The smallest absolute Gasteiger partial charge is 0.235 e. The highest BCUT2D eigenvalue weighted by atomic mass is 35.5. The number of methoxy groups -OCH3 is 1. The van der Waals surface area contributed by atoms with Crippen LogP contribution in [0, 0.1) is 6.92 Å². The monoisotopic (exact) mass is 293 g/mol. The van der Waals surface area contributed by atoms with Gasteiger partial charge in [0.25, 0.3) is 0 Å². The van der Waals surface area contributed by atoms with E-state index in [1.54, 1.807) is 13.2 Å². The highest BCUT2D eigenvalue weighted by molar-refractivity contribution is 6.31. The minimum absolute atomic E-state index is 0.291. The molecule has 4 heteroatoms. The lowest BCUT2D eigenvalue weighted by Crippen LogP contribution is -2.33. The van der Waals surface area contributed by atoms with Crippen LogP contribution in [0.1, 0.15) is 55.7 Å².